The summed E-state index contributed by atoms with van der Waals surface area (Å²) in [5, 5.41) is 1.23. The first-order valence-electron chi connectivity index (χ1n) is 8.57. The molecule has 0 unspecified atom stereocenters. The van der Waals surface area contributed by atoms with Crippen LogP contribution < -0.4 is 0 Å². The summed E-state index contributed by atoms with van der Waals surface area (Å²) in [7, 11) is -2.68. The zero-order valence-corrected chi connectivity index (χ0v) is 15.0. The minimum atomic E-state index is -2.68. The summed E-state index contributed by atoms with van der Waals surface area (Å²) in [5.74, 6) is 0. The average molecular weight is 313 g/mol. The molecule has 122 valence electrons. The molecule has 0 radical (unpaired) electrons. The van der Waals surface area contributed by atoms with Gasteiger partial charge in [0.05, 0.1) is 0 Å². The second-order valence-electron chi connectivity index (χ2n) is 5.49. The quantitative estimate of drug-likeness (QED) is 0.361. The van der Waals surface area contributed by atoms with Gasteiger partial charge < -0.3 is 13.3 Å². The van der Waals surface area contributed by atoms with Crippen LogP contribution in [0.4, 0.5) is 0 Å². The van der Waals surface area contributed by atoms with Crippen molar-refractivity contribution in [3.8, 4) is 0 Å². The van der Waals surface area contributed by atoms with Crippen molar-refractivity contribution in [1.29, 1.82) is 0 Å². The average Bonchev–Trinajstić information content (AvgIpc) is 3.02. The summed E-state index contributed by atoms with van der Waals surface area (Å²) in [6, 6.07) is 0. The minimum Gasteiger partial charge on any atom is -0.370 e. The lowest BCUT2D eigenvalue weighted by atomic mass is 10.4. The molecule has 3 nitrogen and oxygen atoms in total. The van der Waals surface area contributed by atoms with Gasteiger partial charge >= 0.3 is 8.80 Å². The molecule has 0 heterocycles. The predicted octanol–water partition coefficient (Wildman–Crippen LogP) is 4.80. The first kappa shape index (κ1) is 18.6. The van der Waals surface area contributed by atoms with Crippen molar-refractivity contribution in [1.82, 2.24) is 0 Å². The van der Waals surface area contributed by atoms with E-state index in [0.29, 0.717) is 0 Å². The van der Waals surface area contributed by atoms with E-state index in [1.165, 1.54) is 5.20 Å². The fourth-order valence-electron chi connectivity index (χ4n) is 2.13. The highest BCUT2D eigenvalue weighted by atomic mass is 28.4. The zero-order valence-electron chi connectivity index (χ0n) is 14.0. The van der Waals surface area contributed by atoms with Crippen LogP contribution >= 0.6 is 0 Å². The molecule has 0 saturated carbocycles. The molecule has 0 bridgehead atoms. The third kappa shape index (κ3) is 6.47. The Bertz CT molecular complexity index is 299. The van der Waals surface area contributed by atoms with Crippen LogP contribution in [0, 0.1) is 0 Å². The summed E-state index contributed by atoms with van der Waals surface area (Å²) in [4.78, 5) is 0. The Hall–Kier alpha value is -0.423. The van der Waals surface area contributed by atoms with Crippen LogP contribution in [0.3, 0.4) is 0 Å². The second-order valence-corrected chi connectivity index (χ2v) is 8.11. The summed E-state index contributed by atoms with van der Waals surface area (Å²) >= 11 is 0. The van der Waals surface area contributed by atoms with Crippen molar-refractivity contribution in [3.05, 3.63) is 23.4 Å². The second kappa shape index (κ2) is 11.2. The Morgan fingerprint density at radius 2 is 1.33 bits per heavy atom. The smallest absolute Gasteiger partial charge is 0.370 e. The van der Waals surface area contributed by atoms with Crippen LogP contribution in [0.1, 0.15) is 65.7 Å². The van der Waals surface area contributed by atoms with E-state index in [1.807, 2.05) is 0 Å². The summed E-state index contributed by atoms with van der Waals surface area (Å²) < 4.78 is 18.7. The van der Waals surface area contributed by atoms with Gasteiger partial charge in [-0.05, 0) is 25.7 Å². The van der Waals surface area contributed by atoms with Crippen LogP contribution in [0.2, 0.25) is 0 Å². The highest BCUT2D eigenvalue weighted by Crippen LogP contribution is 2.27. The number of allylic oxidation sites excluding steroid dienone is 4. The van der Waals surface area contributed by atoms with Crippen molar-refractivity contribution in [2.45, 2.75) is 65.7 Å². The third-order valence-corrected chi connectivity index (χ3v) is 6.44. The van der Waals surface area contributed by atoms with Crippen LogP contribution in [0.15, 0.2) is 23.4 Å². The van der Waals surface area contributed by atoms with Crippen LogP contribution in [0.5, 0.6) is 0 Å². The van der Waals surface area contributed by atoms with Crippen molar-refractivity contribution in [2.24, 2.45) is 0 Å². The Kier molecular flexibility index (Phi) is 9.92. The van der Waals surface area contributed by atoms with E-state index in [-0.39, 0.29) is 0 Å². The van der Waals surface area contributed by atoms with E-state index in [1.54, 1.807) is 0 Å². The highest BCUT2D eigenvalue weighted by molar-refractivity contribution is 6.69. The molecule has 1 aliphatic carbocycles. The summed E-state index contributed by atoms with van der Waals surface area (Å²) in [5.41, 5.74) is 0. The van der Waals surface area contributed by atoms with Gasteiger partial charge in [0, 0.05) is 25.0 Å². The highest BCUT2D eigenvalue weighted by Gasteiger charge is 2.45. The van der Waals surface area contributed by atoms with Crippen LogP contribution in [-0.2, 0) is 13.3 Å². The molecule has 0 spiro atoms. The molecule has 0 aliphatic heterocycles. The van der Waals surface area contributed by atoms with Gasteiger partial charge in [0.1, 0.15) is 0 Å². The normalized spacial score (nSPS) is 14.7. The number of hydrogen-bond donors (Lipinski definition) is 0. The monoisotopic (exact) mass is 312 g/mol. The van der Waals surface area contributed by atoms with Gasteiger partial charge in [-0.3, -0.25) is 0 Å². The third-order valence-electron chi connectivity index (χ3n) is 3.53. The molecule has 0 N–H and O–H groups in total. The van der Waals surface area contributed by atoms with Crippen molar-refractivity contribution in [3.63, 3.8) is 0 Å². The van der Waals surface area contributed by atoms with Gasteiger partial charge in [0.15, 0.2) is 0 Å². The van der Waals surface area contributed by atoms with Crippen molar-refractivity contribution >= 4 is 8.80 Å². The Balaban J connectivity index is 2.72. The largest absolute Gasteiger partial charge is 0.533 e. The first-order chi connectivity index (χ1) is 10.3. The lowest BCUT2D eigenvalue weighted by molar-refractivity contribution is 0.0648. The Morgan fingerprint density at radius 3 is 1.67 bits per heavy atom. The molecule has 0 aromatic carbocycles. The van der Waals surface area contributed by atoms with Crippen LogP contribution in [0.25, 0.3) is 0 Å². The molecule has 4 heteroatoms. The molecule has 0 aromatic rings. The number of rotatable bonds is 13. The SMILES string of the molecule is CCCCO[Si](OCCCC)(OCCCC)C1=CC=CC1. The minimum absolute atomic E-state index is 0.734. The maximum Gasteiger partial charge on any atom is 0.533 e. The topological polar surface area (TPSA) is 27.7 Å². The van der Waals surface area contributed by atoms with E-state index in [0.717, 1.165) is 64.8 Å². The molecule has 0 fully saturated rings. The molecule has 1 rings (SSSR count). The fourth-order valence-corrected chi connectivity index (χ4v) is 4.84. The standard InChI is InChI=1S/C17H32O3Si/c1-4-7-14-18-21(19-15-8-5-2,20-16-9-6-3)17-12-10-11-13-17/h10-12H,4-9,13-16H2,1-3H3. The van der Waals surface area contributed by atoms with E-state index in [4.69, 9.17) is 13.3 Å². The molecule has 0 saturated heterocycles. The lowest BCUT2D eigenvalue weighted by Gasteiger charge is -2.31. The van der Waals surface area contributed by atoms with Gasteiger partial charge in [0.2, 0.25) is 0 Å². The summed E-state index contributed by atoms with van der Waals surface area (Å²) in [6.45, 7) is 8.74. The Labute approximate surface area is 131 Å². The molecular formula is C17H32O3Si. The van der Waals surface area contributed by atoms with Gasteiger partial charge in [-0.15, -0.1) is 0 Å². The van der Waals surface area contributed by atoms with Crippen LogP contribution in [-0.4, -0.2) is 28.6 Å². The molecular weight excluding hydrogens is 280 g/mol. The van der Waals surface area contributed by atoms with Gasteiger partial charge in [0.25, 0.3) is 0 Å². The van der Waals surface area contributed by atoms with E-state index in [2.05, 4.69) is 39.0 Å². The van der Waals surface area contributed by atoms with E-state index >= 15 is 0 Å². The molecule has 0 amide bonds. The van der Waals surface area contributed by atoms with Crippen molar-refractivity contribution in [2.75, 3.05) is 19.8 Å². The van der Waals surface area contributed by atoms with Crippen molar-refractivity contribution < 1.29 is 13.3 Å². The number of unbranched alkanes of at least 4 members (excludes halogenated alkanes) is 3. The van der Waals surface area contributed by atoms with Gasteiger partial charge in [-0.2, -0.15) is 0 Å². The molecule has 0 aromatic heterocycles. The molecule has 21 heavy (non-hydrogen) atoms. The Morgan fingerprint density at radius 1 is 0.857 bits per heavy atom. The first-order valence-corrected chi connectivity index (χ1v) is 10.3. The van der Waals surface area contributed by atoms with Gasteiger partial charge in [-0.1, -0.05) is 58.3 Å². The molecule has 1 aliphatic rings. The predicted molar refractivity (Wildman–Crippen MR) is 90.2 cm³/mol. The zero-order chi connectivity index (χ0) is 15.4. The number of hydrogen-bond acceptors (Lipinski definition) is 3. The lowest BCUT2D eigenvalue weighted by Crippen LogP contribution is -2.48. The van der Waals surface area contributed by atoms with E-state index < -0.39 is 8.80 Å². The maximum absolute atomic E-state index is 6.23. The van der Waals surface area contributed by atoms with E-state index in [9.17, 15) is 0 Å². The molecule has 0 atom stereocenters. The summed E-state index contributed by atoms with van der Waals surface area (Å²) in [6.07, 6.45) is 13.9. The fraction of sp³-hybridized carbons (Fsp3) is 0.765. The maximum atomic E-state index is 6.23. The van der Waals surface area contributed by atoms with Gasteiger partial charge in [-0.25, -0.2) is 0 Å².